The van der Waals surface area contributed by atoms with E-state index in [0.717, 1.165) is 0 Å². The molecule has 6 heteroatoms. The number of H-pyrrole nitrogens is 1. The van der Waals surface area contributed by atoms with Gasteiger partial charge in [0, 0.05) is 6.07 Å². The molecule has 0 aromatic carbocycles. The van der Waals surface area contributed by atoms with Crippen molar-refractivity contribution in [1.29, 1.82) is 0 Å². The van der Waals surface area contributed by atoms with Gasteiger partial charge in [-0.15, -0.1) is 0 Å². The summed E-state index contributed by atoms with van der Waals surface area (Å²) in [7, 11) is 0. The highest BCUT2D eigenvalue weighted by molar-refractivity contribution is 5.96. The van der Waals surface area contributed by atoms with Crippen molar-refractivity contribution in [3.63, 3.8) is 0 Å². The molecule has 1 heterocycles. The van der Waals surface area contributed by atoms with E-state index in [9.17, 15) is 9.59 Å². The van der Waals surface area contributed by atoms with Gasteiger partial charge >= 0.3 is 0 Å². The number of nitrogens with one attached hydrogen (secondary N) is 3. The quantitative estimate of drug-likeness (QED) is 0.676. The molecule has 1 rings (SSSR count). The molecule has 0 aliphatic rings. The highest BCUT2D eigenvalue weighted by Crippen LogP contribution is 2.06. The molecule has 0 fully saturated rings. The van der Waals surface area contributed by atoms with Crippen LogP contribution in [0.1, 0.15) is 20.8 Å². The van der Waals surface area contributed by atoms with E-state index in [-0.39, 0.29) is 11.5 Å². The fourth-order valence-electron chi connectivity index (χ4n) is 1.21. The molecular formula is C10H16N4O2. The van der Waals surface area contributed by atoms with Crippen molar-refractivity contribution in [3.05, 3.63) is 22.5 Å². The second-order valence-electron chi connectivity index (χ2n) is 3.92. The van der Waals surface area contributed by atoms with Crippen LogP contribution in [-0.4, -0.2) is 28.2 Å². The highest BCUT2D eigenvalue weighted by atomic mass is 16.2. The molecular weight excluding hydrogens is 208 g/mol. The van der Waals surface area contributed by atoms with E-state index in [1.807, 2.05) is 6.92 Å². The lowest BCUT2D eigenvalue weighted by molar-refractivity contribution is -0.121. The van der Waals surface area contributed by atoms with Crippen LogP contribution in [0.2, 0.25) is 0 Å². The van der Waals surface area contributed by atoms with Crippen LogP contribution in [0.4, 0.5) is 5.82 Å². The maximum atomic E-state index is 11.8. The number of aromatic nitrogens is 2. The van der Waals surface area contributed by atoms with Crippen molar-refractivity contribution < 1.29 is 4.79 Å². The molecule has 0 bridgehead atoms. The first-order valence-electron chi connectivity index (χ1n) is 5.08. The van der Waals surface area contributed by atoms with Crippen molar-refractivity contribution in [3.8, 4) is 0 Å². The second kappa shape index (κ2) is 4.89. The molecule has 6 nitrogen and oxygen atoms in total. The Morgan fingerprint density at radius 3 is 2.69 bits per heavy atom. The zero-order valence-corrected chi connectivity index (χ0v) is 9.63. The van der Waals surface area contributed by atoms with Crippen molar-refractivity contribution >= 4 is 11.7 Å². The Bertz CT molecular complexity index is 405. The van der Waals surface area contributed by atoms with Crippen LogP contribution in [0.15, 0.2) is 16.9 Å². The van der Waals surface area contributed by atoms with E-state index in [1.165, 1.54) is 12.1 Å². The number of rotatable bonds is 4. The topological polar surface area (TPSA) is 86.9 Å². The number of likely N-dealkylation sites (N-methyl/N-ethyl adjacent to an activating group) is 1. The van der Waals surface area contributed by atoms with Gasteiger partial charge in [0.05, 0.1) is 5.54 Å². The molecule has 0 unspecified atom stereocenters. The molecule has 1 amide bonds. The van der Waals surface area contributed by atoms with E-state index in [1.54, 1.807) is 13.8 Å². The van der Waals surface area contributed by atoms with Gasteiger partial charge in [0.2, 0.25) is 5.91 Å². The lowest BCUT2D eigenvalue weighted by Gasteiger charge is -2.23. The minimum absolute atomic E-state index is 0.200. The minimum atomic E-state index is -0.674. The fraction of sp³-hybridized carbons (Fsp3) is 0.500. The van der Waals surface area contributed by atoms with Gasteiger partial charge in [-0.25, -0.2) is 5.10 Å². The van der Waals surface area contributed by atoms with Crippen LogP contribution in [-0.2, 0) is 4.79 Å². The molecule has 0 aliphatic heterocycles. The summed E-state index contributed by atoms with van der Waals surface area (Å²) >= 11 is 0. The van der Waals surface area contributed by atoms with Crippen LogP contribution in [0.25, 0.3) is 0 Å². The molecule has 1 aromatic rings. The van der Waals surface area contributed by atoms with Gasteiger partial charge < -0.3 is 10.6 Å². The van der Waals surface area contributed by atoms with Crippen LogP contribution < -0.4 is 16.2 Å². The first-order chi connectivity index (χ1) is 7.45. The first kappa shape index (κ1) is 12.4. The summed E-state index contributed by atoms with van der Waals surface area (Å²) in [6.07, 6.45) is 0. The zero-order valence-electron chi connectivity index (χ0n) is 9.63. The maximum absolute atomic E-state index is 11.8. The highest BCUT2D eigenvalue weighted by Gasteiger charge is 2.26. The molecule has 1 aromatic heterocycles. The monoisotopic (exact) mass is 224 g/mol. The normalized spacial score (nSPS) is 11.2. The van der Waals surface area contributed by atoms with Gasteiger partial charge in [-0.1, -0.05) is 6.92 Å². The van der Waals surface area contributed by atoms with Gasteiger partial charge in [0.1, 0.15) is 0 Å². The average Bonchev–Trinajstić information content (AvgIpc) is 2.21. The van der Waals surface area contributed by atoms with Gasteiger partial charge in [-0.05, 0) is 26.5 Å². The third-order valence-electron chi connectivity index (χ3n) is 2.11. The maximum Gasteiger partial charge on any atom is 0.264 e. The lowest BCUT2D eigenvalue weighted by atomic mass is 10.0. The predicted octanol–water partition coefficient (Wildman–Crippen LogP) is 0.0965. The number of aromatic amines is 1. The molecule has 0 radical (unpaired) electrons. The van der Waals surface area contributed by atoms with Gasteiger partial charge in [-0.3, -0.25) is 9.59 Å². The Kier molecular flexibility index (Phi) is 3.78. The molecule has 0 atom stereocenters. The van der Waals surface area contributed by atoms with Crippen molar-refractivity contribution in [1.82, 2.24) is 15.5 Å². The number of carbonyl (C=O) groups is 1. The standard InChI is InChI=1S/C10H16N4O2/c1-4-11-10(2,3)9(16)12-7-5-6-8(15)14-13-7/h5-6,11H,4H2,1-3H3,(H,14,15)(H,12,13,16). The number of carbonyl (C=O) groups excluding carboxylic acids is 1. The number of hydrogen-bond donors (Lipinski definition) is 3. The average molecular weight is 224 g/mol. The van der Waals surface area contributed by atoms with Crippen LogP contribution in [0, 0.1) is 0 Å². The Hall–Kier alpha value is -1.69. The minimum Gasteiger partial charge on any atom is -0.308 e. The molecule has 16 heavy (non-hydrogen) atoms. The zero-order chi connectivity index (χ0) is 12.2. The summed E-state index contributed by atoms with van der Waals surface area (Å²) in [6, 6.07) is 2.77. The van der Waals surface area contributed by atoms with Crippen LogP contribution >= 0.6 is 0 Å². The van der Waals surface area contributed by atoms with Crippen molar-refractivity contribution in [2.45, 2.75) is 26.3 Å². The van der Waals surface area contributed by atoms with Gasteiger partial charge in [0.25, 0.3) is 5.56 Å². The van der Waals surface area contributed by atoms with E-state index in [4.69, 9.17) is 0 Å². The third kappa shape index (κ3) is 3.16. The summed E-state index contributed by atoms with van der Waals surface area (Å²) in [5, 5.41) is 11.6. The summed E-state index contributed by atoms with van der Waals surface area (Å²) in [4.78, 5) is 22.6. The Balaban J connectivity index is 2.71. The van der Waals surface area contributed by atoms with Crippen molar-refractivity contribution in [2.24, 2.45) is 0 Å². The number of nitrogens with zero attached hydrogens (tertiary/aromatic N) is 1. The smallest absolute Gasteiger partial charge is 0.264 e. The third-order valence-corrected chi connectivity index (χ3v) is 2.11. The Labute approximate surface area is 93.5 Å². The Morgan fingerprint density at radius 1 is 1.50 bits per heavy atom. The lowest BCUT2D eigenvalue weighted by Crippen LogP contribution is -2.49. The summed E-state index contributed by atoms with van der Waals surface area (Å²) < 4.78 is 0. The number of hydrogen-bond acceptors (Lipinski definition) is 4. The molecule has 0 spiro atoms. The second-order valence-corrected chi connectivity index (χ2v) is 3.92. The van der Waals surface area contributed by atoms with E-state index < -0.39 is 5.54 Å². The number of amides is 1. The van der Waals surface area contributed by atoms with Crippen LogP contribution in [0.5, 0.6) is 0 Å². The molecule has 88 valence electrons. The number of anilines is 1. The summed E-state index contributed by atoms with van der Waals surface area (Å²) in [5.74, 6) is 0.129. The van der Waals surface area contributed by atoms with Gasteiger partial charge in [-0.2, -0.15) is 5.10 Å². The summed E-state index contributed by atoms with van der Waals surface area (Å²) in [6.45, 7) is 6.17. The predicted molar refractivity (Wildman–Crippen MR) is 61.2 cm³/mol. The Morgan fingerprint density at radius 2 is 2.19 bits per heavy atom. The SMILES string of the molecule is CCNC(C)(C)C(=O)Nc1ccc(=O)[nH]n1. The van der Waals surface area contributed by atoms with Gasteiger partial charge in [0.15, 0.2) is 5.82 Å². The molecule has 0 aliphatic carbocycles. The van der Waals surface area contributed by atoms with E-state index in [0.29, 0.717) is 12.4 Å². The molecule has 3 N–H and O–H groups in total. The fourth-order valence-corrected chi connectivity index (χ4v) is 1.21. The van der Waals surface area contributed by atoms with Crippen molar-refractivity contribution in [2.75, 3.05) is 11.9 Å². The van der Waals surface area contributed by atoms with Crippen LogP contribution in [0.3, 0.4) is 0 Å². The first-order valence-corrected chi connectivity index (χ1v) is 5.08. The largest absolute Gasteiger partial charge is 0.308 e. The molecule has 0 saturated carbocycles. The summed E-state index contributed by atoms with van der Waals surface area (Å²) in [5.41, 5.74) is -0.976. The molecule has 0 saturated heterocycles. The van der Waals surface area contributed by atoms with E-state index >= 15 is 0 Å². The van der Waals surface area contributed by atoms with E-state index in [2.05, 4.69) is 20.8 Å².